The Kier molecular flexibility index (Phi) is 4.57. The van der Waals surface area contributed by atoms with Gasteiger partial charge in [-0.3, -0.25) is 14.4 Å². The zero-order valence-corrected chi connectivity index (χ0v) is 13.1. The van der Waals surface area contributed by atoms with Crippen molar-refractivity contribution >= 4 is 23.1 Å². The highest BCUT2D eigenvalue weighted by atomic mass is 32.1. The highest BCUT2D eigenvalue weighted by Crippen LogP contribution is 2.23. The summed E-state index contributed by atoms with van der Waals surface area (Å²) in [6.07, 6.45) is 0. The molecule has 0 saturated heterocycles. The number of amides is 1. The minimum atomic E-state index is -0.0288. The Labute approximate surface area is 123 Å². The Bertz CT molecular complexity index is 576. The number of nitrogens with one attached hydrogen (secondary N) is 1. The third kappa shape index (κ3) is 3.46. The normalized spacial score (nSPS) is 12.7. The summed E-state index contributed by atoms with van der Waals surface area (Å²) in [6.45, 7) is 4.36. The second kappa shape index (κ2) is 6.19. The molecule has 108 valence electrons. The standard InChI is InChI=1S/C14H20N4OS/c1-10-8-13(18(4)16-10)15-14(19)9-17(3)11(2)12-6-5-7-20-12/h5-8,11H,9H2,1-4H3,(H,15,19). The molecule has 0 aliphatic carbocycles. The lowest BCUT2D eigenvalue weighted by molar-refractivity contribution is -0.117. The Hall–Kier alpha value is -1.66. The van der Waals surface area contributed by atoms with Crippen LogP contribution in [0.25, 0.3) is 0 Å². The first-order valence-electron chi connectivity index (χ1n) is 6.51. The maximum absolute atomic E-state index is 12.1. The molecular formula is C14H20N4OS. The summed E-state index contributed by atoms with van der Waals surface area (Å²) in [4.78, 5) is 15.4. The minimum absolute atomic E-state index is 0.0288. The van der Waals surface area contributed by atoms with E-state index in [1.165, 1.54) is 4.88 Å². The summed E-state index contributed by atoms with van der Waals surface area (Å²) >= 11 is 1.71. The number of anilines is 1. The molecule has 20 heavy (non-hydrogen) atoms. The number of carbonyl (C=O) groups is 1. The third-order valence-electron chi connectivity index (χ3n) is 3.28. The molecule has 0 radical (unpaired) electrons. The van der Waals surface area contributed by atoms with Crippen molar-refractivity contribution in [3.05, 3.63) is 34.2 Å². The fraction of sp³-hybridized carbons (Fsp3) is 0.429. The molecular weight excluding hydrogens is 272 g/mol. The van der Waals surface area contributed by atoms with Crippen LogP contribution in [0, 0.1) is 6.92 Å². The second-order valence-corrected chi connectivity index (χ2v) is 5.93. The summed E-state index contributed by atoms with van der Waals surface area (Å²) in [5.74, 6) is 0.698. The zero-order chi connectivity index (χ0) is 14.7. The minimum Gasteiger partial charge on any atom is -0.310 e. The third-order valence-corrected chi connectivity index (χ3v) is 4.32. The number of aromatic nitrogens is 2. The molecule has 5 nitrogen and oxygen atoms in total. The molecule has 2 aromatic rings. The van der Waals surface area contributed by atoms with Crippen molar-refractivity contribution in [2.45, 2.75) is 19.9 Å². The van der Waals surface area contributed by atoms with Crippen LogP contribution in [0.15, 0.2) is 23.6 Å². The number of nitrogens with zero attached hydrogens (tertiary/aromatic N) is 3. The van der Waals surface area contributed by atoms with Gasteiger partial charge in [-0.05, 0) is 32.3 Å². The van der Waals surface area contributed by atoms with Crippen molar-refractivity contribution in [3.63, 3.8) is 0 Å². The van der Waals surface area contributed by atoms with E-state index < -0.39 is 0 Å². The monoisotopic (exact) mass is 292 g/mol. The molecule has 0 fully saturated rings. The fourth-order valence-electron chi connectivity index (χ4n) is 2.02. The van der Waals surface area contributed by atoms with Gasteiger partial charge in [-0.2, -0.15) is 5.10 Å². The quantitative estimate of drug-likeness (QED) is 0.921. The van der Waals surface area contributed by atoms with E-state index in [9.17, 15) is 4.79 Å². The van der Waals surface area contributed by atoms with Crippen molar-refractivity contribution in [2.24, 2.45) is 7.05 Å². The van der Waals surface area contributed by atoms with Gasteiger partial charge in [0, 0.05) is 24.0 Å². The van der Waals surface area contributed by atoms with Gasteiger partial charge >= 0.3 is 0 Å². The Morgan fingerprint density at radius 2 is 2.35 bits per heavy atom. The number of thiophene rings is 1. The molecule has 0 spiro atoms. The number of hydrogen-bond acceptors (Lipinski definition) is 4. The van der Waals surface area contributed by atoms with Crippen molar-refractivity contribution < 1.29 is 4.79 Å². The van der Waals surface area contributed by atoms with Gasteiger partial charge in [-0.15, -0.1) is 11.3 Å². The summed E-state index contributed by atoms with van der Waals surface area (Å²) in [6, 6.07) is 6.21. The molecule has 1 atom stereocenters. The molecule has 1 unspecified atom stereocenters. The summed E-state index contributed by atoms with van der Waals surface area (Å²) in [5, 5.41) is 9.15. The molecule has 2 rings (SSSR count). The molecule has 0 bridgehead atoms. The van der Waals surface area contributed by atoms with E-state index >= 15 is 0 Å². The van der Waals surface area contributed by atoms with Crippen molar-refractivity contribution in [2.75, 3.05) is 18.9 Å². The number of likely N-dealkylation sites (N-methyl/N-ethyl adjacent to an activating group) is 1. The van der Waals surface area contributed by atoms with Crippen LogP contribution in [0.2, 0.25) is 0 Å². The van der Waals surface area contributed by atoms with Gasteiger partial charge in [0.25, 0.3) is 0 Å². The van der Waals surface area contributed by atoms with Crippen LogP contribution in [-0.4, -0.2) is 34.2 Å². The lowest BCUT2D eigenvalue weighted by atomic mass is 10.2. The Morgan fingerprint density at radius 1 is 1.60 bits per heavy atom. The number of carbonyl (C=O) groups excluding carboxylic acids is 1. The van der Waals surface area contributed by atoms with Crippen molar-refractivity contribution in [1.29, 1.82) is 0 Å². The first-order chi connectivity index (χ1) is 9.47. The molecule has 0 saturated carbocycles. The summed E-state index contributed by atoms with van der Waals surface area (Å²) in [7, 11) is 3.78. The second-order valence-electron chi connectivity index (χ2n) is 4.95. The van der Waals surface area contributed by atoms with E-state index in [-0.39, 0.29) is 11.9 Å². The number of hydrogen-bond donors (Lipinski definition) is 1. The first-order valence-corrected chi connectivity index (χ1v) is 7.39. The smallest absolute Gasteiger partial charge is 0.239 e. The average molecular weight is 292 g/mol. The molecule has 1 N–H and O–H groups in total. The van der Waals surface area contributed by atoms with E-state index in [1.54, 1.807) is 16.0 Å². The van der Waals surface area contributed by atoms with Crippen LogP contribution in [0.5, 0.6) is 0 Å². The van der Waals surface area contributed by atoms with Gasteiger partial charge in [-0.1, -0.05) is 6.07 Å². The lowest BCUT2D eigenvalue weighted by Crippen LogP contribution is -2.32. The molecule has 0 aliphatic rings. The van der Waals surface area contributed by atoms with Gasteiger partial charge in [0.15, 0.2) is 0 Å². The fourth-order valence-corrected chi connectivity index (χ4v) is 2.87. The SMILES string of the molecule is Cc1cc(NC(=O)CN(C)C(C)c2cccs2)n(C)n1. The van der Waals surface area contributed by atoms with E-state index in [1.807, 2.05) is 38.1 Å². The van der Waals surface area contributed by atoms with Crippen LogP contribution >= 0.6 is 11.3 Å². The Balaban J connectivity index is 1.92. The molecule has 1 amide bonds. The van der Waals surface area contributed by atoms with E-state index in [0.29, 0.717) is 6.54 Å². The predicted molar refractivity (Wildman–Crippen MR) is 81.9 cm³/mol. The maximum Gasteiger partial charge on any atom is 0.239 e. The Morgan fingerprint density at radius 3 is 2.90 bits per heavy atom. The largest absolute Gasteiger partial charge is 0.310 e. The van der Waals surface area contributed by atoms with Crippen molar-refractivity contribution in [3.8, 4) is 0 Å². The lowest BCUT2D eigenvalue weighted by Gasteiger charge is -2.23. The van der Waals surface area contributed by atoms with E-state index in [4.69, 9.17) is 0 Å². The number of aryl methyl sites for hydroxylation is 2. The van der Waals surface area contributed by atoms with Gasteiger partial charge in [0.05, 0.1) is 12.2 Å². The summed E-state index contributed by atoms with van der Waals surface area (Å²) in [5.41, 5.74) is 0.892. The van der Waals surface area contributed by atoms with E-state index in [2.05, 4.69) is 28.8 Å². The van der Waals surface area contributed by atoms with Gasteiger partial charge in [-0.25, -0.2) is 0 Å². The topological polar surface area (TPSA) is 50.2 Å². The van der Waals surface area contributed by atoms with E-state index in [0.717, 1.165) is 11.5 Å². The maximum atomic E-state index is 12.1. The molecule has 2 aromatic heterocycles. The molecule has 0 aromatic carbocycles. The van der Waals surface area contributed by atoms with Gasteiger partial charge in [0.2, 0.25) is 5.91 Å². The van der Waals surface area contributed by atoms with Gasteiger partial charge in [0.1, 0.15) is 5.82 Å². The number of rotatable bonds is 5. The highest BCUT2D eigenvalue weighted by Gasteiger charge is 2.16. The molecule has 6 heteroatoms. The first kappa shape index (κ1) is 14.7. The van der Waals surface area contributed by atoms with Crippen LogP contribution < -0.4 is 5.32 Å². The zero-order valence-electron chi connectivity index (χ0n) is 12.3. The van der Waals surface area contributed by atoms with Crippen LogP contribution in [0.3, 0.4) is 0 Å². The molecule has 2 heterocycles. The molecule has 0 aliphatic heterocycles. The van der Waals surface area contributed by atoms with Crippen LogP contribution in [0.1, 0.15) is 23.5 Å². The van der Waals surface area contributed by atoms with Crippen LogP contribution in [0.4, 0.5) is 5.82 Å². The predicted octanol–water partition coefficient (Wildman–Crippen LogP) is 2.42. The van der Waals surface area contributed by atoms with Crippen molar-refractivity contribution in [1.82, 2.24) is 14.7 Å². The highest BCUT2D eigenvalue weighted by molar-refractivity contribution is 7.10. The van der Waals surface area contributed by atoms with Gasteiger partial charge < -0.3 is 5.32 Å². The average Bonchev–Trinajstić information content (AvgIpc) is 2.99. The van der Waals surface area contributed by atoms with Crippen LogP contribution in [-0.2, 0) is 11.8 Å². The summed E-state index contributed by atoms with van der Waals surface area (Å²) < 4.78 is 1.68.